The topological polar surface area (TPSA) is 41.3 Å². The first-order valence-corrected chi connectivity index (χ1v) is 7.11. The summed E-state index contributed by atoms with van der Waals surface area (Å²) in [4.78, 5) is 7.15. The number of aliphatic hydroxyl groups is 1. The van der Waals surface area contributed by atoms with Gasteiger partial charge in [0.25, 0.3) is 0 Å². The van der Waals surface area contributed by atoms with Crippen LogP contribution >= 0.6 is 0 Å². The van der Waals surface area contributed by atoms with Crippen LogP contribution in [0.3, 0.4) is 0 Å². The van der Waals surface area contributed by atoms with E-state index < -0.39 is 0 Å². The van der Waals surface area contributed by atoms with Crippen molar-refractivity contribution in [2.75, 3.05) is 13.1 Å². The Kier molecular flexibility index (Phi) is 3.16. The van der Waals surface area contributed by atoms with E-state index >= 15 is 0 Å². The van der Waals surface area contributed by atoms with E-state index in [1.807, 2.05) is 6.20 Å². The molecule has 3 heterocycles. The van der Waals surface area contributed by atoms with Crippen molar-refractivity contribution in [3.63, 3.8) is 0 Å². The largest absolute Gasteiger partial charge is 0.391 e. The van der Waals surface area contributed by atoms with E-state index in [-0.39, 0.29) is 6.10 Å². The van der Waals surface area contributed by atoms with Crippen molar-refractivity contribution in [1.29, 1.82) is 0 Å². The second-order valence-electron chi connectivity index (χ2n) is 5.99. The number of likely N-dealkylation sites (tertiary alicyclic amines) is 1. The molecule has 100 valence electrons. The van der Waals surface area contributed by atoms with Crippen molar-refractivity contribution in [2.24, 2.45) is 0 Å². The molecular formula is C14H23N3O. The average molecular weight is 249 g/mol. The van der Waals surface area contributed by atoms with Gasteiger partial charge in [-0.2, -0.15) is 0 Å². The summed E-state index contributed by atoms with van der Waals surface area (Å²) in [5, 5.41) is 9.82. The Morgan fingerprint density at radius 2 is 2.17 bits per heavy atom. The maximum absolute atomic E-state index is 9.82. The van der Waals surface area contributed by atoms with Gasteiger partial charge in [-0.3, -0.25) is 0 Å². The van der Waals surface area contributed by atoms with Crippen molar-refractivity contribution in [3.05, 3.63) is 17.7 Å². The predicted molar refractivity (Wildman–Crippen MR) is 70.6 cm³/mol. The van der Waals surface area contributed by atoms with Gasteiger partial charge in [0, 0.05) is 30.4 Å². The third kappa shape index (κ3) is 2.08. The summed E-state index contributed by atoms with van der Waals surface area (Å²) in [5.41, 5.74) is 1.30. The normalized spacial score (nSPS) is 28.9. The van der Waals surface area contributed by atoms with Gasteiger partial charge >= 0.3 is 0 Å². The maximum Gasteiger partial charge on any atom is 0.113 e. The van der Waals surface area contributed by atoms with Crippen molar-refractivity contribution in [3.8, 4) is 0 Å². The van der Waals surface area contributed by atoms with Crippen LogP contribution in [0.5, 0.6) is 0 Å². The quantitative estimate of drug-likeness (QED) is 0.861. The van der Waals surface area contributed by atoms with E-state index in [9.17, 15) is 5.11 Å². The molecule has 0 saturated carbocycles. The number of rotatable bonds is 2. The highest BCUT2D eigenvalue weighted by molar-refractivity contribution is 5.14. The SMILES string of the molecule is CC(C)N1CCC(c2ncc3n2CC(O)CC3)C1. The number of nitrogens with zero attached hydrogens (tertiary/aromatic N) is 3. The average Bonchev–Trinajstić information content (AvgIpc) is 2.93. The Morgan fingerprint density at radius 3 is 2.89 bits per heavy atom. The number of fused-ring (bicyclic) bond motifs is 1. The molecule has 2 unspecified atom stereocenters. The Labute approximate surface area is 109 Å². The van der Waals surface area contributed by atoms with Gasteiger partial charge in [-0.1, -0.05) is 0 Å². The summed E-state index contributed by atoms with van der Waals surface area (Å²) >= 11 is 0. The molecule has 18 heavy (non-hydrogen) atoms. The highest BCUT2D eigenvalue weighted by Crippen LogP contribution is 2.30. The summed E-state index contributed by atoms with van der Waals surface area (Å²) < 4.78 is 2.27. The molecule has 0 amide bonds. The standard InChI is InChI=1S/C14H23N3O/c1-10(2)16-6-5-11(8-16)14-15-7-12-3-4-13(18)9-17(12)14/h7,10-11,13,18H,3-6,8-9H2,1-2H3. The molecule has 0 aromatic carbocycles. The monoisotopic (exact) mass is 249 g/mol. The molecular weight excluding hydrogens is 226 g/mol. The van der Waals surface area contributed by atoms with Crippen LogP contribution in [0.4, 0.5) is 0 Å². The first-order chi connectivity index (χ1) is 8.65. The zero-order valence-electron chi connectivity index (χ0n) is 11.3. The third-order valence-corrected chi connectivity index (χ3v) is 4.41. The van der Waals surface area contributed by atoms with Gasteiger partial charge in [-0.15, -0.1) is 0 Å². The Bertz CT molecular complexity index is 427. The molecule has 1 fully saturated rings. The summed E-state index contributed by atoms with van der Waals surface area (Å²) in [6.45, 7) is 7.54. The molecule has 2 atom stereocenters. The van der Waals surface area contributed by atoms with Gasteiger partial charge in [0.15, 0.2) is 0 Å². The highest BCUT2D eigenvalue weighted by Gasteiger charge is 2.30. The van der Waals surface area contributed by atoms with Crippen LogP contribution in [0, 0.1) is 0 Å². The van der Waals surface area contributed by atoms with Crippen molar-refractivity contribution < 1.29 is 5.11 Å². The number of aliphatic hydroxyl groups excluding tert-OH is 1. The second kappa shape index (κ2) is 4.67. The van der Waals surface area contributed by atoms with Crippen LogP contribution in [0.1, 0.15) is 44.1 Å². The zero-order valence-corrected chi connectivity index (χ0v) is 11.3. The van der Waals surface area contributed by atoms with Crippen LogP contribution in [-0.4, -0.2) is 44.8 Å². The fourth-order valence-electron chi connectivity index (χ4n) is 3.25. The lowest BCUT2D eigenvalue weighted by atomic mass is 10.1. The van der Waals surface area contributed by atoms with Gasteiger partial charge < -0.3 is 14.6 Å². The first kappa shape index (κ1) is 12.2. The fraction of sp³-hybridized carbons (Fsp3) is 0.786. The van der Waals surface area contributed by atoms with Crippen LogP contribution in [-0.2, 0) is 13.0 Å². The summed E-state index contributed by atoms with van der Waals surface area (Å²) in [6.07, 6.45) is 4.88. The number of aromatic nitrogens is 2. The van der Waals surface area contributed by atoms with Gasteiger partial charge in [0.05, 0.1) is 12.6 Å². The first-order valence-electron chi connectivity index (χ1n) is 7.11. The Balaban J connectivity index is 1.80. The van der Waals surface area contributed by atoms with Gasteiger partial charge in [0.2, 0.25) is 0 Å². The lowest BCUT2D eigenvalue weighted by Crippen LogP contribution is -2.29. The van der Waals surface area contributed by atoms with Gasteiger partial charge in [-0.05, 0) is 39.7 Å². The molecule has 2 aliphatic rings. The molecule has 0 aliphatic carbocycles. The van der Waals surface area contributed by atoms with Crippen LogP contribution in [0.25, 0.3) is 0 Å². The van der Waals surface area contributed by atoms with Crippen molar-refractivity contribution >= 4 is 0 Å². The third-order valence-electron chi connectivity index (χ3n) is 4.41. The fourth-order valence-corrected chi connectivity index (χ4v) is 3.25. The number of aryl methyl sites for hydroxylation is 1. The van der Waals surface area contributed by atoms with E-state index in [1.165, 1.54) is 24.5 Å². The molecule has 3 rings (SSSR count). The molecule has 1 aromatic rings. The second-order valence-corrected chi connectivity index (χ2v) is 5.99. The Morgan fingerprint density at radius 1 is 1.33 bits per heavy atom. The lowest BCUT2D eigenvalue weighted by molar-refractivity contribution is 0.129. The van der Waals surface area contributed by atoms with E-state index in [0.29, 0.717) is 12.0 Å². The van der Waals surface area contributed by atoms with Gasteiger partial charge in [-0.25, -0.2) is 4.98 Å². The van der Waals surface area contributed by atoms with Crippen molar-refractivity contribution in [1.82, 2.24) is 14.5 Å². The summed E-state index contributed by atoms with van der Waals surface area (Å²) in [6, 6.07) is 0.622. The minimum Gasteiger partial charge on any atom is -0.391 e. The summed E-state index contributed by atoms with van der Waals surface area (Å²) in [7, 11) is 0. The van der Waals surface area contributed by atoms with Crippen molar-refractivity contribution in [2.45, 2.75) is 57.7 Å². The molecule has 0 bridgehead atoms. The molecule has 4 heteroatoms. The van der Waals surface area contributed by atoms with Gasteiger partial charge in [0.1, 0.15) is 5.82 Å². The minimum atomic E-state index is -0.187. The van der Waals surface area contributed by atoms with E-state index in [2.05, 4.69) is 28.3 Å². The molecule has 4 nitrogen and oxygen atoms in total. The molecule has 1 N–H and O–H groups in total. The van der Waals surface area contributed by atoms with E-state index in [4.69, 9.17) is 0 Å². The Hall–Kier alpha value is -0.870. The number of hydrogen-bond donors (Lipinski definition) is 1. The van der Waals surface area contributed by atoms with Crippen LogP contribution in [0.2, 0.25) is 0 Å². The highest BCUT2D eigenvalue weighted by atomic mass is 16.3. The predicted octanol–water partition coefficient (Wildman–Crippen LogP) is 1.39. The van der Waals surface area contributed by atoms with E-state index in [0.717, 1.165) is 25.9 Å². The molecule has 1 saturated heterocycles. The molecule has 0 radical (unpaired) electrons. The van der Waals surface area contributed by atoms with Crippen LogP contribution < -0.4 is 0 Å². The van der Waals surface area contributed by atoms with E-state index in [1.54, 1.807) is 0 Å². The van der Waals surface area contributed by atoms with Crippen LogP contribution in [0.15, 0.2) is 6.20 Å². The molecule has 2 aliphatic heterocycles. The molecule has 1 aromatic heterocycles. The smallest absolute Gasteiger partial charge is 0.113 e. The summed E-state index contributed by atoms with van der Waals surface area (Å²) in [5.74, 6) is 1.75. The number of hydrogen-bond acceptors (Lipinski definition) is 3. The zero-order chi connectivity index (χ0) is 12.7. The minimum absolute atomic E-state index is 0.187. The molecule has 0 spiro atoms. The number of imidazole rings is 1. The maximum atomic E-state index is 9.82. The lowest BCUT2D eigenvalue weighted by Gasteiger charge is -2.24.